The second-order valence-corrected chi connectivity index (χ2v) is 4.80. The smallest absolute Gasteiger partial charge is 0.220 e. The van der Waals surface area contributed by atoms with E-state index in [1.165, 1.54) is 0 Å². The number of rotatable bonds is 6. The van der Waals surface area contributed by atoms with Gasteiger partial charge >= 0.3 is 0 Å². The van der Waals surface area contributed by atoms with Crippen molar-refractivity contribution in [1.29, 1.82) is 0 Å². The molecule has 0 radical (unpaired) electrons. The van der Waals surface area contributed by atoms with Crippen LogP contribution < -0.4 is 10.6 Å². The van der Waals surface area contributed by atoms with E-state index in [1.54, 1.807) is 6.20 Å². The zero-order valence-corrected chi connectivity index (χ0v) is 14.9. The van der Waals surface area contributed by atoms with Gasteiger partial charge in [-0.1, -0.05) is 6.07 Å². The van der Waals surface area contributed by atoms with Crippen molar-refractivity contribution in [3.8, 4) is 0 Å². The lowest BCUT2D eigenvalue weighted by Crippen LogP contribution is -2.46. The molecular formula is C14H25Cl3N4O. The number of amides is 1. The van der Waals surface area contributed by atoms with Crippen LogP contribution in [0.1, 0.15) is 12.0 Å². The van der Waals surface area contributed by atoms with Gasteiger partial charge < -0.3 is 10.6 Å². The third-order valence-corrected chi connectivity index (χ3v) is 3.32. The van der Waals surface area contributed by atoms with Gasteiger partial charge in [0.2, 0.25) is 5.91 Å². The molecule has 2 N–H and O–H groups in total. The Morgan fingerprint density at radius 3 is 2.64 bits per heavy atom. The van der Waals surface area contributed by atoms with Crippen LogP contribution in [0.4, 0.5) is 0 Å². The summed E-state index contributed by atoms with van der Waals surface area (Å²) in [4.78, 5) is 18.1. The van der Waals surface area contributed by atoms with Crippen LogP contribution in [0.5, 0.6) is 0 Å². The van der Waals surface area contributed by atoms with E-state index in [2.05, 4.69) is 20.5 Å². The van der Waals surface area contributed by atoms with Crippen LogP contribution in [-0.4, -0.2) is 55.1 Å². The number of nitrogens with one attached hydrogen (secondary N) is 2. The third kappa shape index (κ3) is 9.43. The Morgan fingerprint density at radius 1 is 1.27 bits per heavy atom. The molecule has 0 aromatic carbocycles. The van der Waals surface area contributed by atoms with Gasteiger partial charge in [0.25, 0.3) is 0 Å². The molecule has 1 fully saturated rings. The first kappa shape index (κ1) is 23.7. The van der Waals surface area contributed by atoms with Gasteiger partial charge in [-0.05, 0) is 18.1 Å². The van der Waals surface area contributed by atoms with Gasteiger partial charge in [0, 0.05) is 58.1 Å². The van der Waals surface area contributed by atoms with Crippen LogP contribution in [0.25, 0.3) is 0 Å². The zero-order valence-electron chi connectivity index (χ0n) is 12.5. The Morgan fingerprint density at radius 2 is 2.00 bits per heavy atom. The van der Waals surface area contributed by atoms with Crippen molar-refractivity contribution in [3.63, 3.8) is 0 Å². The lowest BCUT2D eigenvalue weighted by molar-refractivity contribution is -0.121. The van der Waals surface area contributed by atoms with Crippen molar-refractivity contribution in [2.75, 3.05) is 39.3 Å². The molecule has 1 aromatic rings. The van der Waals surface area contributed by atoms with E-state index in [1.807, 2.05) is 18.3 Å². The maximum Gasteiger partial charge on any atom is 0.220 e. The molecule has 2 rings (SSSR count). The summed E-state index contributed by atoms with van der Waals surface area (Å²) in [5.41, 5.74) is 1.11. The van der Waals surface area contributed by atoms with Crippen LogP contribution >= 0.6 is 37.2 Å². The van der Waals surface area contributed by atoms with Crippen molar-refractivity contribution in [1.82, 2.24) is 20.5 Å². The molecule has 0 saturated carbocycles. The molecule has 1 amide bonds. The Balaban J connectivity index is 0. The van der Waals surface area contributed by atoms with Crippen molar-refractivity contribution in [2.45, 2.75) is 12.8 Å². The van der Waals surface area contributed by atoms with E-state index in [0.29, 0.717) is 6.42 Å². The van der Waals surface area contributed by atoms with E-state index in [0.717, 1.165) is 51.3 Å². The molecule has 0 unspecified atom stereocenters. The number of aromatic nitrogens is 1. The van der Waals surface area contributed by atoms with Crippen LogP contribution in [0.3, 0.4) is 0 Å². The fraction of sp³-hybridized carbons (Fsp3) is 0.571. The predicted molar refractivity (Wildman–Crippen MR) is 96.6 cm³/mol. The Hall–Kier alpha value is -0.590. The summed E-state index contributed by atoms with van der Waals surface area (Å²) < 4.78 is 0. The largest absolute Gasteiger partial charge is 0.355 e. The van der Waals surface area contributed by atoms with E-state index in [9.17, 15) is 4.79 Å². The molecular weight excluding hydrogens is 347 g/mol. The molecule has 8 heteroatoms. The van der Waals surface area contributed by atoms with Gasteiger partial charge in [-0.2, -0.15) is 0 Å². The molecule has 0 spiro atoms. The highest BCUT2D eigenvalue weighted by Gasteiger charge is 2.09. The first-order chi connectivity index (χ1) is 9.34. The quantitative estimate of drug-likeness (QED) is 0.791. The van der Waals surface area contributed by atoms with Crippen molar-refractivity contribution in [2.24, 2.45) is 0 Å². The second kappa shape index (κ2) is 14.0. The van der Waals surface area contributed by atoms with Crippen LogP contribution in [0, 0.1) is 0 Å². The summed E-state index contributed by atoms with van der Waals surface area (Å²) in [6.45, 7) is 5.94. The second-order valence-electron chi connectivity index (χ2n) is 4.80. The fourth-order valence-corrected chi connectivity index (χ4v) is 2.18. The van der Waals surface area contributed by atoms with E-state index < -0.39 is 0 Å². The van der Waals surface area contributed by atoms with E-state index >= 15 is 0 Å². The third-order valence-electron chi connectivity index (χ3n) is 3.32. The number of nitrogens with zero attached hydrogens (tertiary/aromatic N) is 2. The SMILES string of the molecule is Cl.Cl.Cl.O=C(CCc1cccnc1)NCCN1CCNCC1. The maximum atomic E-state index is 11.7. The predicted octanol–water partition coefficient (Wildman–Crippen LogP) is 1.30. The first-order valence-corrected chi connectivity index (χ1v) is 6.93. The summed E-state index contributed by atoms with van der Waals surface area (Å²) in [7, 11) is 0. The standard InChI is InChI=1S/C14H22N4O.3ClH/c19-14(4-3-13-2-1-5-16-12-13)17-8-11-18-9-6-15-7-10-18;;;/h1-2,5,12,15H,3-4,6-11H2,(H,17,19);3*1H. The van der Waals surface area contributed by atoms with Crippen molar-refractivity contribution in [3.05, 3.63) is 30.1 Å². The van der Waals surface area contributed by atoms with Gasteiger partial charge in [0.1, 0.15) is 0 Å². The number of hydrogen-bond donors (Lipinski definition) is 2. The summed E-state index contributed by atoms with van der Waals surface area (Å²) in [5, 5.41) is 6.30. The van der Waals surface area contributed by atoms with Gasteiger partial charge in [-0.15, -0.1) is 37.2 Å². The topological polar surface area (TPSA) is 57.3 Å². The molecule has 22 heavy (non-hydrogen) atoms. The van der Waals surface area contributed by atoms with Gasteiger partial charge in [-0.25, -0.2) is 0 Å². The Bertz CT molecular complexity index is 389. The zero-order chi connectivity index (χ0) is 13.3. The molecule has 0 atom stereocenters. The normalized spacial score (nSPS) is 14.0. The molecule has 1 aromatic heterocycles. The number of piperazine rings is 1. The van der Waals surface area contributed by atoms with Gasteiger partial charge in [-0.3, -0.25) is 14.7 Å². The number of hydrogen-bond acceptors (Lipinski definition) is 4. The lowest BCUT2D eigenvalue weighted by Gasteiger charge is -2.27. The molecule has 5 nitrogen and oxygen atoms in total. The monoisotopic (exact) mass is 370 g/mol. The minimum absolute atomic E-state index is 0. The molecule has 1 saturated heterocycles. The average molecular weight is 372 g/mol. The fourth-order valence-electron chi connectivity index (χ4n) is 2.18. The Labute approximate surface area is 150 Å². The molecule has 0 bridgehead atoms. The van der Waals surface area contributed by atoms with Crippen LogP contribution in [0.15, 0.2) is 24.5 Å². The molecule has 1 aliphatic rings. The highest BCUT2D eigenvalue weighted by Crippen LogP contribution is 2.00. The Kier molecular flexibility index (Phi) is 15.1. The van der Waals surface area contributed by atoms with E-state index in [-0.39, 0.29) is 43.1 Å². The highest BCUT2D eigenvalue weighted by molar-refractivity contribution is 5.86. The number of carbonyl (C=O) groups is 1. The number of halogens is 3. The lowest BCUT2D eigenvalue weighted by atomic mass is 10.1. The molecule has 2 heterocycles. The van der Waals surface area contributed by atoms with Crippen molar-refractivity contribution < 1.29 is 4.79 Å². The van der Waals surface area contributed by atoms with E-state index in [4.69, 9.17) is 0 Å². The molecule has 0 aliphatic carbocycles. The summed E-state index contributed by atoms with van der Waals surface area (Å²) in [6.07, 6.45) is 4.85. The number of pyridine rings is 1. The van der Waals surface area contributed by atoms with Crippen LogP contribution in [0.2, 0.25) is 0 Å². The average Bonchev–Trinajstić information content (AvgIpc) is 2.47. The summed E-state index contributed by atoms with van der Waals surface area (Å²) in [6, 6.07) is 3.90. The summed E-state index contributed by atoms with van der Waals surface area (Å²) >= 11 is 0. The van der Waals surface area contributed by atoms with Crippen LogP contribution in [-0.2, 0) is 11.2 Å². The molecule has 128 valence electrons. The minimum atomic E-state index is 0. The minimum Gasteiger partial charge on any atom is -0.355 e. The summed E-state index contributed by atoms with van der Waals surface area (Å²) in [5.74, 6) is 0.124. The molecule has 1 aliphatic heterocycles. The maximum absolute atomic E-state index is 11.7. The number of carbonyl (C=O) groups excluding carboxylic acids is 1. The highest BCUT2D eigenvalue weighted by atomic mass is 35.5. The number of aryl methyl sites for hydroxylation is 1. The van der Waals surface area contributed by atoms with Gasteiger partial charge in [0.15, 0.2) is 0 Å². The first-order valence-electron chi connectivity index (χ1n) is 6.93. The van der Waals surface area contributed by atoms with Crippen molar-refractivity contribution >= 4 is 43.1 Å². The van der Waals surface area contributed by atoms with Gasteiger partial charge in [0.05, 0.1) is 0 Å².